The summed E-state index contributed by atoms with van der Waals surface area (Å²) in [5, 5.41) is 13.4. The van der Waals surface area contributed by atoms with Gasteiger partial charge in [0.1, 0.15) is 0 Å². The topological polar surface area (TPSA) is 85.1 Å². The molecule has 7 nitrogen and oxygen atoms in total. The molecule has 31 heavy (non-hydrogen) atoms. The Balaban J connectivity index is 1.51. The van der Waals surface area contributed by atoms with Crippen LogP contribution in [0, 0.1) is 6.92 Å². The summed E-state index contributed by atoms with van der Waals surface area (Å²) in [6.07, 6.45) is 4.91. The normalized spacial score (nSPS) is 11.0. The third kappa shape index (κ3) is 5.23. The maximum absolute atomic E-state index is 12.3. The van der Waals surface area contributed by atoms with Crippen LogP contribution in [-0.4, -0.2) is 37.6 Å². The monoisotopic (exact) mass is 428 g/mol. The maximum atomic E-state index is 12.3. The highest BCUT2D eigenvalue weighted by Crippen LogP contribution is 2.28. The Kier molecular flexibility index (Phi) is 6.49. The molecular formula is C23H20N6OS. The molecule has 1 amide bonds. The molecular weight excluding hydrogens is 408 g/mol. The summed E-state index contributed by atoms with van der Waals surface area (Å²) in [5.74, 6) is 0.657. The molecule has 0 atom stereocenters. The molecule has 0 bridgehead atoms. The zero-order chi connectivity index (χ0) is 21.5. The van der Waals surface area contributed by atoms with E-state index < -0.39 is 0 Å². The summed E-state index contributed by atoms with van der Waals surface area (Å²) in [6.45, 7) is 2.04. The van der Waals surface area contributed by atoms with Gasteiger partial charge in [0.15, 0.2) is 11.0 Å². The molecule has 2 heterocycles. The molecule has 4 aromatic rings. The summed E-state index contributed by atoms with van der Waals surface area (Å²) in [6, 6.07) is 21.6. The number of carbonyl (C=O) groups is 1. The highest BCUT2D eigenvalue weighted by atomic mass is 32.2. The molecule has 4 rings (SSSR count). The summed E-state index contributed by atoms with van der Waals surface area (Å²) in [7, 11) is 0. The Morgan fingerprint density at radius 2 is 1.77 bits per heavy atom. The molecule has 2 aromatic heterocycles. The molecule has 0 spiro atoms. The van der Waals surface area contributed by atoms with E-state index in [1.165, 1.54) is 17.3 Å². The van der Waals surface area contributed by atoms with Crippen molar-refractivity contribution in [3.63, 3.8) is 0 Å². The van der Waals surface area contributed by atoms with Crippen LogP contribution in [0.2, 0.25) is 0 Å². The van der Waals surface area contributed by atoms with Gasteiger partial charge in [-0.3, -0.25) is 14.3 Å². The summed E-state index contributed by atoms with van der Waals surface area (Å²) in [4.78, 5) is 16.2. The number of nitrogens with zero attached hydrogens (tertiary/aromatic N) is 5. The standard InChI is InChI=1S/C23H20N6OS/c1-17-7-9-20(10-8-17)29-22(19-5-3-2-4-6-19)27-28-23(29)31-16-21(30)26-25-15-18-11-13-24-14-12-18/h2-15H,16H2,1H3,(H,26,30)/b25-15+. The van der Waals surface area contributed by atoms with Crippen LogP contribution in [0.4, 0.5) is 0 Å². The SMILES string of the molecule is Cc1ccc(-n2c(SCC(=O)N/N=C/c3ccncc3)nnc2-c2ccccc2)cc1. The van der Waals surface area contributed by atoms with Crippen LogP contribution in [0.1, 0.15) is 11.1 Å². The first-order chi connectivity index (χ1) is 15.2. The average Bonchev–Trinajstić information content (AvgIpc) is 3.23. The van der Waals surface area contributed by atoms with Crippen molar-refractivity contribution in [1.29, 1.82) is 0 Å². The second kappa shape index (κ2) is 9.82. The van der Waals surface area contributed by atoms with Crippen LogP contribution in [0.15, 0.2) is 89.4 Å². The van der Waals surface area contributed by atoms with Crippen molar-refractivity contribution in [1.82, 2.24) is 25.2 Å². The molecule has 0 saturated carbocycles. The van der Waals surface area contributed by atoms with Crippen molar-refractivity contribution in [3.05, 3.63) is 90.3 Å². The van der Waals surface area contributed by atoms with Gasteiger partial charge in [-0.1, -0.05) is 59.8 Å². The number of aromatic nitrogens is 4. The number of amides is 1. The molecule has 154 valence electrons. The van der Waals surface area contributed by atoms with Crippen molar-refractivity contribution < 1.29 is 4.79 Å². The Bertz CT molecular complexity index is 1170. The highest BCUT2D eigenvalue weighted by Gasteiger charge is 2.17. The predicted molar refractivity (Wildman–Crippen MR) is 122 cm³/mol. The van der Waals surface area contributed by atoms with E-state index in [-0.39, 0.29) is 11.7 Å². The zero-order valence-electron chi connectivity index (χ0n) is 16.8. The van der Waals surface area contributed by atoms with Gasteiger partial charge < -0.3 is 0 Å². The van der Waals surface area contributed by atoms with Gasteiger partial charge in [0.2, 0.25) is 0 Å². The van der Waals surface area contributed by atoms with Crippen molar-refractivity contribution in [2.24, 2.45) is 5.10 Å². The summed E-state index contributed by atoms with van der Waals surface area (Å²) in [5.41, 5.74) is 6.45. The minimum Gasteiger partial charge on any atom is -0.272 e. The first-order valence-electron chi connectivity index (χ1n) is 9.63. The summed E-state index contributed by atoms with van der Waals surface area (Å²) >= 11 is 1.31. The lowest BCUT2D eigenvalue weighted by Gasteiger charge is -2.10. The highest BCUT2D eigenvalue weighted by molar-refractivity contribution is 7.99. The van der Waals surface area contributed by atoms with Crippen LogP contribution in [0.3, 0.4) is 0 Å². The lowest BCUT2D eigenvalue weighted by Crippen LogP contribution is -2.20. The maximum Gasteiger partial charge on any atom is 0.250 e. The molecule has 0 aliphatic rings. The molecule has 0 saturated heterocycles. The first kappa shape index (κ1) is 20.5. The number of nitrogens with one attached hydrogen (secondary N) is 1. The van der Waals surface area contributed by atoms with E-state index >= 15 is 0 Å². The minimum atomic E-state index is -0.227. The first-order valence-corrected chi connectivity index (χ1v) is 10.6. The van der Waals surface area contributed by atoms with Crippen molar-refractivity contribution in [2.45, 2.75) is 12.1 Å². The number of rotatable bonds is 7. The van der Waals surface area contributed by atoms with Crippen LogP contribution in [0.5, 0.6) is 0 Å². The van der Waals surface area contributed by atoms with E-state index in [2.05, 4.69) is 25.7 Å². The second-order valence-electron chi connectivity index (χ2n) is 6.71. The van der Waals surface area contributed by atoms with Crippen molar-refractivity contribution in [3.8, 4) is 17.1 Å². The fraction of sp³-hybridized carbons (Fsp3) is 0.0870. The number of aryl methyl sites for hydroxylation is 1. The van der Waals surface area contributed by atoms with Gasteiger partial charge in [-0.25, -0.2) is 5.43 Å². The third-order valence-corrected chi connectivity index (χ3v) is 5.33. The van der Waals surface area contributed by atoms with Gasteiger partial charge in [-0.15, -0.1) is 10.2 Å². The number of benzene rings is 2. The Morgan fingerprint density at radius 1 is 1.03 bits per heavy atom. The van der Waals surface area contributed by atoms with E-state index in [0.717, 1.165) is 22.6 Å². The number of carbonyl (C=O) groups excluding carboxylic acids is 1. The fourth-order valence-corrected chi connectivity index (χ4v) is 3.60. The third-order valence-electron chi connectivity index (χ3n) is 4.40. The minimum absolute atomic E-state index is 0.159. The molecule has 0 unspecified atom stereocenters. The smallest absolute Gasteiger partial charge is 0.250 e. The Morgan fingerprint density at radius 3 is 2.52 bits per heavy atom. The van der Waals surface area contributed by atoms with Crippen LogP contribution < -0.4 is 5.43 Å². The molecule has 0 fully saturated rings. The molecule has 0 aliphatic carbocycles. The van der Waals surface area contributed by atoms with Gasteiger partial charge in [-0.2, -0.15) is 5.10 Å². The van der Waals surface area contributed by atoms with Crippen LogP contribution >= 0.6 is 11.8 Å². The molecule has 1 N–H and O–H groups in total. The number of hydrogen-bond acceptors (Lipinski definition) is 6. The van der Waals surface area contributed by atoms with Crippen molar-refractivity contribution in [2.75, 3.05) is 5.75 Å². The van der Waals surface area contributed by atoms with Gasteiger partial charge >= 0.3 is 0 Å². The predicted octanol–water partition coefficient (Wildman–Crippen LogP) is 3.88. The van der Waals surface area contributed by atoms with E-state index in [1.54, 1.807) is 30.7 Å². The summed E-state index contributed by atoms with van der Waals surface area (Å²) < 4.78 is 1.97. The molecule has 2 aromatic carbocycles. The second-order valence-corrected chi connectivity index (χ2v) is 7.65. The number of pyridine rings is 1. The number of thioether (sulfide) groups is 1. The van der Waals surface area contributed by atoms with Gasteiger partial charge in [-0.05, 0) is 36.8 Å². The van der Waals surface area contributed by atoms with Gasteiger partial charge in [0.05, 0.1) is 12.0 Å². The van der Waals surface area contributed by atoms with E-state index in [1.807, 2.05) is 66.1 Å². The number of hydrazone groups is 1. The van der Waals surface area contributed by atoms with E-state index in [9.17, 15) is 4.79 Å². The molecule has 0 aliphatic heterocycles. The number of hydrogen-bond donors (Lipinski definition) is 1. The van der Waals surface area contributed by atoms with Crippen molar-refractivity contribution >= 4 is 23.9 Å². The Hall–Kier alpha value is -3.78. The fourth-order valence-electron chi connectivity index (χ4n) is 2.85. The molecule has 0 radical (unpaired) electrons. The zero-order valence-corrected chi connectivity index (χ0v) is 17.7. The van der Waals surface area contributed by atoms with Crippen LogP contribution in [0.25, 0.3) is 17.1 Å². The van der Waals surface area contributed by atoms with Crippen LogP contribution in [-0.2, 0) is 4.79 Å². The largest absolute Gasteiger partial charge is 0.272 e. The Labute approximate surface area is 184 Å². The van der Waals surface area contributed by atoms with Gasteiger partial charge in [0.25, 0.3) is 5.91 Å². The van der Waals surface area contributed by atoms with E-state index in [4.69, 9.17) is 0 Å². The van der Waals surface area contributed by atoms with Gasteiger partial charge in [0, 0.05) is 23.6 Å². The van der Waals surface area contributed by atoms with E-state index in [0.29, 0.717) is 5.16 Å². The quantitative estimate of drug-likeness (QED) is 0.274. The lowest BCUT2D eigenvalue weighted by atomic mass is 10.2. The molecule has 8 heteroatoms. The average molecular weight is 429 g/mol. The lowest BCUT2D eigenvalue weighted by molar-refractivity contribution is -0.118.